The normalized spacial score (nSPS) is 22.8. The molecule has 0 aliphatic carbocycles. The lowest BCUT2D eigenvalue weighted by Gasteiger charge is -2.37. The number of benzene rings is 1. The van der Waals surface area contributed by atoms with Crippen LogP contribution in [0.3, 0.4) is 0 Å². The summed E-state index contributed by atoms with van der Waals surface area (Å²) in [6.45, 7) is 11.5. The lowest BCUT2D eigenvalue weighted by atomic mass is 9.89. The minimum atomic E-state index is -1.03. The number of hydrogen-bond acceptors (Lipinski definition) is 4. The molecule has 1 fully saturated rings. The second-order valence-electron chi connectivity index (χ2n) is 7.99. The van der Waals surface area contributed by atoms with Gasteiger partial charge in [0.1, 0.15) is 12.1 Å². The largest absolute Gasteiger partial charge is 0.444 e. The zero-order valence-electron chi connectivity index (χ0n) is 16.2. The summed E-state index contributed by atoms with van der Waals surface area (Å²) >= 11 is 0. The van der Waals surface area contributed by atoms with Gasteiger partial charge in [0.05, 0.1) is 0 Å². The molecule has 0 unspecified atom stereocenters. The molecule has 5 heteroatoms. The first-order valence-electron chi connectivity index (χ1n) is 9.02. The maximum atomic E-state index is 12.9. The Bertz CT molecular complexity index is 650. The number of nitrogens with zero attached hydrogens (tertiary/aromatic N) is 1. The smallest absolute Gasteiger partial charge is 0.413 e. The van der Waals surface area contributed by atoms with Gasteiger partial charge in [0.2, 0.25) is 0 Å². The van der Waals surface area contributed by atoms with E-state index in [1.165, 1.54) is 4.90 Å². The first-order chi connectivity index (χ1) is 12.2. The van der Waals surface area contributed by atoms with Crippen LogP contribution in [-0.2, 0) is 20.9 Å². The zero-order valence-corrected chi connectivity index (χ0v) is 16.2. The van der Waals surface area contributed by atoms with Gasteiger partial charge >= 0.3 is 12.1 Å². The SMILES string of the molecule is C=CCCC[C@@]1(C)C(=O)O[C@@H](C(C)(C)C)N1C(=O)OCc1ccccc1. The standard InChI is InChI=1S/C21H29NO4/c1-6-7-11-14-21(5)18(23)26-17(20(2,3)4)22(21)19(24)25-15-16-12-9-8-10-13-16/h6,8-10,12-13,17H,1,7,11,14-15H2,2-5H3/t17-,21-/m0/s1. The predicted octanol–water partition coefficient (Wildman–Crippen LogP) is 4.67. The number of hydrogen-bond donors (Lipinski definition) is 0. The molecule has 1 saturated heterocycles. The van der Waals surface area contributed by atoms with Crippen molar-refractivity contribution in [3.05, 3.63) is 48.6 Å². The fourth-order valence-electron chi connectivity index (χ4n) is 3.10. The summed E-state index contributed by atoms with van der Waals surface area (Å²) < 4.78 is 11.1. The van der Waals surface area contributed by atoms with Crippen molar-refractivity contribution in [3.8, 4) is 0 Å². The quantitative estimate of drug-likeness (QED) is 0.421. The van der Waals surface area contributed by atoms with Crippen molar-refractivity contribution in [1.29, 1.82) is 0 Å². The van der Waals surface area contributed by atoms with Gasteiger partial charge in [-0.05, 0) is 31.7 Å². The van der Waals surface area contributed by atoms with Gasteiger partial charge in [-0.25, -0.2) is 9.59 Å². The molecule has 2 atom stereocenters. The van der Waals surface area contributed by atoms with Crippen molar-refractivity contribution < 1.29 is 19.1 Å². The second-order valence-corrected chi connectivity index (χ2v) is 7.99. The highest BCUT2D eigenvalue weighted by Crippen LogP contribution is 2.40. The molecule has 5 nitrogen and oxygen atoms in total. The molecule has 0 spiro atoms. The van der Waals surface area contributed by atoms with Gasteiger partial charge in [0, 0.05) is 5.41 Å². The van der Waals surface area contributed by atoms with Gasteiger partial charge in [-0.3, -0.25) is 4.90 Å². The van der Waals surface area contributed by atoms with Crippen LogP contribution in [-0.4, -0.2) is 28.7 Å². The Morgan fingerprint density at radius 3 is 2.58 bits per heavy atom. The number of allylic oxidation sites excluding steroid dienone is 1. The molecular formula is C21H29NO4. The Morgan fingerprint density at radius 1 is 1.35 bits per heavy atom. The van der Waals surface area contributed by atoms with E-state index in [1.807, 2.05) is 57.2 Å². The fourth-order valence-corrected chi connectivity index (χ4v) is 3.10. The Labute approximate surface area is 156 Å². The Kier molecular flexibility index (Phi) is 6.11. The summed E-state index contributed by atoms with van der Waals surface area (Å²) in [5, 5.41) is 0. The van der Waals surface area contributed by atoms with Crippen LogP contribution in [0.15, 0.2) is 43.0 Å². The van der Waals surface area contributed by atoms with Crippen molar-refractivity contribution in [2.24, 2.45) is 5.41 Å². The van der Waals surface area contributed by atoms with Gasteiger partial charge < -0.3 is 9.47 Å². The molecule has 0 saturated carbocycles. The summed E-state index contributed by atoms with van der Waals surface area (Å²) in [5.74, 6) is -0.377. The molecule has 2 rings (SSSR count). The first-order valence-corrected chi connectivity index (χ1v) is 9.02. The molecule has 0 N–H and O–H groups in total. The molecule has 26 heavy (non-hydrogen) atoms. The van der Waals surface area contributed by atoms with E-state index in [0.717, 1.165) is 18.4 Å². The molecule has 0 aromatic heterocycles. The van der Waals surface area contributed by atoms with E-state index >= 15 is 0 Å². The fraction of sp³-hybridized carbons (Fsp3) is 0.524. The van der Waals surface area contributed by atoms with Crippen LogP contribution in [0.2, 0.25) is 0 Å². The molecule has 0 radical (unpaired) electrons. The number of amides is 1. The van der Waals surface area contributed by atoms with Crippen molar-refractivity contribution in [2.45, 2.75) is 65.3 Å². The van der Waals surface area contributed by atoms with Gasteiger partial charge in [-0.1, -0.05) is 57.2 Å². The highest BCUT2D eigenvalue weighted by atomic mass is 16.6. The average molecular weight is 359 g/mol. The molecule has 1 heterocycles. The maximum Gasteiger partial charge on any atom is 0.413 e. The molecule has 142 valence electrons. The molecule has 0 bridgehead atoms. The minimum Gasteiger partial charge on any atom is -0.444 e. The molecule has 1 amide bonds. The number of unbranched alkanes of at least 4 members (excludes halogenated alkanes) is 1. The van der Waals surface area contributed by atoms with E-state index in [2.05, 4.69) is 6.58 Å². The van der Waals surface area contributed by atoms with Crippen molar-refractivity contribution in [1.82, 2.24) is 4.90 Å². The predicted molar refractivity (Wildman–Crippen MR) is 100 cm³/mol. The lowest BCUT2D eigenvalue weighted by molar-refractivity contribution is -0.148. The highest BCUT2D eigenvalue weighted by Gasteiger charge is 2.57. The van der Waals surface area contributed by atoms with Gasteiger partial charge in [0.15, 0.2) is 6.23 Å². The summed E-state index contributed by atoms with van der Waals surface area (Å²) in [5.41, 5.74) is -0.556. The van der Waals surface area contributed by atoms with Gasteiger partial charge in [0.25, 0.3) is 0 Å². The minimum absolute atomic E-state index is 0.157. The molecule has 1 aliphatic rings. The third-order valence-electron chi connectivity index (χ3n) is 4.64. The number of cyclic esters (lactones) is 1. The Hall–Kier alpha value is -2.30. The van der Waals surface area contributed by atoms with Crippen molar-refractivity contribution >= 4 is 12.1 Å². The van der Waals surface area contributed by atoms with E-state index in [9.17, 15) is 9.59 Å². The number of carbonyl (C=O) groups is 2. The van der Waals surface area contributed by atoms with E-state index in [1.54, 1.807) is 6.92 Å². The van der Waals surface area contributed by atoms with Crippen LogP contribution >= 0.6 is 0 Å². The van der Waals surface area contributed by atoms with Crippen molar-refractivity contribution in [3.63, 3.8) is 0 Å². The van der Waals surface area contributed by atoms with E-state index < -0.39 is 23.3 Å². The zero-order chi connectivity index (χ0) is 19.4. The van der Waals surface area contributed by atoms with E-state index in [0.29, 0.717) is 6.42 Å². The molecule has 1 aliphatic heterocycles. The van der Waals surface area contributed by atoms with Gasteiger partial charge in [-0.2, -0.15) is 0 Å². The number of rotatable bonds is 6. The summed E-state index contributed by atoms with van der Waals surface area (Å²) in [6.07, 6.45) is 2.64. The molecular weight excluding hydrogens is 330 g/mol. The lowest BCUT2D eigenvalue weighted by Crippen LogP contribution is -2.54. The summed E-state index contributed by atoms with van der Waals surface area (Å²) in [7, 11) is 0. The van der Waals surface area contributed by atoms with Crippen LogP contribution in [0, 0.1) is 5.41 Å². The molecule has 1 aromatic rings. The van der Waals surface area contributed by atoms with Crippen LogP contribution < -0.4 is 0 Å². The third kappa shape index (κ3) is 4.26. The van der Waals surface area contributed by atoms with E-state index in [-0.39, 0.29) is 12.6 Å². The van der Waals surface area contributed by atoms with Crippen LogP contribution in [0.1, 0.15) is 52.5 Å². The Morgan fingerprint density at radius 2 is 2.00 bits per heavy atom. The molecule has 1 aromatic carbocycles. The second kappa shape index (κ2) is 7.94. The highest BCUT2D eigenvalue weighted by molar-refractivity contribution is 5.88. The number of esters is 1. The monoisotopic (exact) mass is 359 g/mol. The Balaban J connectivity index is 2.22. The third-order valence-corrected chi connectivity index (χ3v) is 4.64. The van der Waals surface area contributed by atoms with Gasteiger partial charge in [-0.15, -0.1) is 6.58 Å². The van der Waals surface area contributed by atoms with Crippen LogP contribution in [0.25, 0.3) is 0 Å². The first kappa shape index (κ1) is 20.0. The van der Waals surface area contributed by atoms with E-state index in [4.69, 9.17) is 9.47 Å². The topological polar surface area (TPSA) is 55.8 Å². The average Bonchev–Trinajstić information content (AvgIpc) is 2.86. The van der Waals surface area contributed by atoms with Crippen molar-refractivity contribution in [2.75, 3.05) is 0 Å². The number of ether oxygens (including phenoxy) is 2. The summed E-state index contributed by atoms with van der Waals surface area (Å²) in [4.78, 5) is 27.0. The van der Waals surface area contributed by atoms with Crippen LogP contribution in [0.4, 0.5) is 4.79 Å². The maximum absolute atomic E-state index is 12.9. The van der Waals surface area contributed by atoms with Crippen LogP contribution in [0.5, 0.6) is 0 Å². The summed E-state index contributed by atoms with van der Waals surface area (Å²) in [6, 6.07) is 9.48. The number of carbonyl (C=O) groups excluding carboxylic acids is 2.